The van der Waals surface area contributed by atoms with Gasteiger partial charge in [-0.1, -0.05) is 13.3 Å². The van der Waals surface area contributed by atoms with E-state index in [1.165, 1.54) is 6.42 Å². The quantitative estimate of drug-likeness (QED) is 0.623. The maximum atomic E-state index is 11.7. The summed E-state index contributed by atoms with van der Waals surface area (Å²) in [7, 11) is -3.08. The van der Waals surface area contributed by atoms with Crippen LogP contribution in [0, 0.1) is 0 Å². The van der Waals surface area contributed by atoms with Crippen molar-refractivity contribution in [1.82, 2.24) is 10.0 Å². The number of hydrogen-bond donors (Lipinski definition) is 2. The summed E-state index contributed by atoms with van der Waals surface area (Å²) in [4.78, 5) is 0. The second-order valence-electron chi connectivity index (χ2n) is 4.59. The summed E-state index contributed by atoms with van der Waals surface area (Å²) in [6.07, 6.45) is 6.24. The molecule has 1 fully saturated rings. The molecule has 0 amide bonds. The highest BCUT2D eigenvalue weighted by Gasteiger charge is 2.36. The van der Waals surface area contributed by atoms with E-state index in [0.717, 1.165) is 25.9 Å². The monoisotopic (exact) mass is 280 g/mol. The topological polar surface area (TPSA) is 58.2 Å². The molecule has 0 aliphatic heterocycles. The Morgan fingerprint density at radius 3 is 2.53 bits per heavy atom. The molecule has 1 rings (SSSR count). The van der Waals surface area contributed by atoms with Gasteiger partial charge in [-0.2, -0.15) is 11.8 Å². The second-order valence-corrected chi connectivity index (χ2v) is 7.79. The van der Waals surface area contributed by atoms with E-state index in [1.807, 2.05) is 6.92 Å². The van der Waals surface area contributed by atoms with Crippen molar-refractivity contribution in [1.29, 1.82) is 0 Å². The van der Waals surface area contributed by atoms with E-state index in [4.69, 9.17) is 0 Å². The maximum Gasteiger partial charge on any atom is 0.211 e. The molecule has 0 saturated heterocycles. The van der Waals surface area contributed by atoms with E-state index >= 15 is 0 Å². The Balaban J connectivity index is 2.24. The van der Waals surface area contributed by atoms with Crippen LogP contribution in [0.4, 0.5) is 0 Å². The van der Waals surface area contributed by atoms with Gasteiger partial charge in [-0.3, -0.25) is 0 Å². The highest BCUT2D eigenvalue weighted by atomic mass is 32.2. The van der Waals surface area contributed by atoms with Crippen LogP contribution in [-0.4, -0.2) is 44.8 Å². The van der Waals surface area contributed by atoms with Gasteiger partial charge in [0.15, 0.2) is 0 Å². The molecule has 17 heavy (non-hydrogen) atoms. The van der Waals surface area contributed by atoms with Crippen molar-refractivity contribution in [3.05, 3.63) is 0 Å². The number of sulfonamides is 1. The first-order valence-corrected chi connectivity index (χ1v) is 9.14. The SMILES string of the molecule is CCNCCCS(=O)(=O)NCC1(SC)CCC1. The van der Waals surface area contributed by atoms with Gasteiger partial charge >= 0.3 is 0 Å². The van der Waals surface area contributed by atoms with Crippen molar-refractivity contribution in [3.63, 3.8) is 0 Å². The molecule has 1 aliphatic rings. The molecule has 4 nitrogen and oxygen atoms in total. The van der Waals surface area contributed by atoms with Crippen LogP contribution in [0.5, 0.6) is 0 Å². The van der Waals surface area contributed by atoms with Crippen LogP contribution in [0.15, 0.2) is 0 Å². The van der Waals surface area contributed by atoms with Crippen molar-refractivity contribution < 1.29 is 8.42 Å². The smallest absolute Gasteiger partial charge is 0.211 e. The van der Waals surface area contributed by atoms with Gasteiger partial charge in [-0.25, -0.2) is 13.1 Å². The third kappa shape index (κ3) is 5.16. The normalized spacial score (nSPS) is 18.9. The Morgan fingerprint density at radius 2 is 2.06 bits per heavy atom. The molecular weight excluding hydrogens is 256 g/mol. The number of thioether (sulfide) groups is 1. The molecule has 2 N–H and O–H groups in total. The van der Waals surface area contributed by atoms with Crippen LogP contribution in [0.2, 0.25) is 0 Å². The van der Waals surface area contributed by atoms with E-state index in [2.05, 4.69) is 16.3 Å². The Bertz CT molecular complexity index is 308. The summed E-state index contributed by atoms with van der Waals surface area (Å²) in [6, 6.07) is 0. The molecule has 0 atom stereocenters. The summed E-state index contributed by atoms with van der Waals surface area (Å²) in [5.41, 5.74) is 0. The third-order valence-electron chi connectivity index (χ3n) is 3.33. The molecule has 0 aromatic rings. The van der Waals surface area contributed by atoms with Gasteiger partial charge in [-0.15, -0.1) is 0 Å². The molecule has 0 aromatic carbocycles. The molecule has 0 radical (unpaired) electrons. The molecule has 1 saturated carbocycles. The highest BCUT2D eigenvalue weighted by molar-refractivity contribution is 8.00. The van der Waals surface area contributed by atoms with Gasteiger partial charge in [0.05, 0.1) is 5.75 Å². The Hall–Kier alpha value is 0.220. The fourth-order valence-corrected chi connectivity index (χ4v) is 4.07. The highest BCUT2D eigenvalue weighted by Crippen LogP contribution is 2.42. The molecule has 1 aliphatic carbocycles. The van der Waals surface area contributed by atoms with Crippen LogP contribution in [0.1, 0.15) is 32.6 Å². The lowest BCUT2D eigenvalue weighted by Gasteiger charge is -2.40. The Labute approximate surface area is 109 Å². The summed E-state index contributed by atoms with van der Waals surface area (Å²) in [5.74, 6) is 0.227. The van der Waals surface area contributed by atoms with E-state index in [-0.39, 0.29) is 10.5 Å². The zero-order chi connectivity index (χ0) is 12.8. The summed E-state index contributed by atoms with van der Waals surface area (Å²) < 4.78 is 26.4. The Morgan fingerprint density at radius 1 is 1.35 bits per heavy atom. The lowest BCUT2D eigenvalue weighted by Crippen LogP contribution is -2.45. The molecule has 102 valence electrons. The van der Waals surface area contributed by atoms with Crippen LogP contribution in [-0.2, 0) is 10.0 Å². The van der Waals surface area contributed by atoms with Gasteiger partial charge in [0.1, 0.15) is 0 Å². The minimum Gasteiger partial charge on any atom is -0.317 e. The van der Waals surface area contributed by atoms with Crippen LogP contribution >= 0.6 is 11.8 Å². The zero-order valence-corrected chi connectivity index (χ0v) is 12.4. The van der Waals surface area contributed by atoms with Gasteiger partial charge in [0.2, 0.25) is 10.0 Å². The van der Waals surface area contributed by atoms with Gasteiger partial charge in [0, 0.05) is 11.3 Å². The second kappa shape index (κ2) is 6.97. The number of nitrogens with one attached hydrogen (secondary N) is 2. The van der Waals surface area contributed by atoms with Crippen molar-refractivity contribution in [2.45, 2.75) is 37.4 Å². The first kappa shape index (κ1) is 15.3. The van der Waals surface area contributed by atoms with Crippen LogP contribution < -0.4 is 10.0 Å². The zero-order valence-electron chi connectivity index (χ0n) is 10.8. The lowest BCUT2D eigenvalue weighted by atomic mass is 9.84. The van der Waals surface area contributed by atoms with Crippen molar-refractivity contribution in [2.24, 2.45) is 0 Å². The average Bonchev–Trinajstić information content (AvgIpc) is 2.24. The van der Waals surface area contributed by atoms with Crippen LogP contribution in [0.3, 0.4) is 0 Å². The van der Waals surface area contributed by atoms with Gasteiger partial charge in [0.25, 0.3) is 0 Å². The third-order valence-corrected chi connectivity index (χ3v) is 6.16. The molecule has 6 heteroatoms. The summed E-state index contributed by atoms with van der Waals surface area (Å²) >= 11 is 1.79. The van der Waals surface area contributed by atoms with Crippen molar-refractivity contribution in [3.8, 4) is 0 Å². The fourth-order valence-electron chi connectivity index (χ4n) is 1.90. The minimum absolute atomic E-state index is 0.175. The van der Waals surface area contributed by atoms with Crippen molar-refractivity contribution >= 4 is 21.8 Å². The molecule has 0 bridgehead atoms. The van der Waals surface area contributed by atoms with Crippen LogP contribution in [0.25, 0.3) is 0 Å². The molecular formula is C11H24N2O2S2. The first-order valence-electron chi connectivity index (χ1n) is 6.27. The minimum atomic E-state index is -3.08. The van der Waals surface area contributed by atoms with E-state index in [9.17, 15) is 8.42 Å². The summed E-state index contributed by atoms with van der Waals surface area (Å²) in [6.45, 7) is 4.28. The lowest BCUT2D eigenvalue weighted by molar-refractivity contribution is 0.361. The number of hydrogen-bond acceptors (Lipinski definition) is 4. The largest absolute Gasteiger partial charge is 0.317 e. The summed E-state index contributed by atoms with van der Waals surface area (Å²) in [5, 5.41) is 3.13. The molecule has 0 heterocycles. The maximum absolute atomic E-state index is 11.7. The van der Waals surface area contributed by atoms with Gasteiger partial charge in [-0.05, 0) is 38.6 Å². The standard InChI is InChI=1S/C11H24N2O2S2/c1-3-12-8-5-9-17(14,15)13-10-11(16-2)6-4-7-11/h12-13H,3-10H2,1-2H3. The fraction of sp³-hybridized carbons (Fsp3) is 1.00. The molecule has 0 aromatic heterocycles. The van der Waals surface area contributed by atoms with Gasteiger partial charge < -0.3 is 5.32 Å². The molecule has 0 unspecified atom stereocenters. The predicted molar refractivity (Wildman–Crippen MR) is 75.0 cm³/mol. The van der Waals surface area contributed by atoms with E-state index in [1.54, 1.807) is 11.8 Å². The van der Waals surface area contributed by atoms with E-state index < -0.39 is 10.0 Å². The van der Waals surface area contributed by atoms with Crippen molar-refractivity contribution in [2.75, 3.05) is 31.6 Å². The average molecular weight is 280 g/mol. The Kier molecular flexibility index (Phi) is 6.26. The molecule has 0 spiro atoms. The first-order chi connectivity index (χ1) is 8.04. The predicted octanol–water partition coefficient (Wildman–Crippen LogP) is 1.19. The van der Waals surface area contributed by atoms with E-state index in [0.29, 0.717) is 13.0 Å². The number of rotatable bonds is 9.